The molecule has 1 atom stereocenters. The molecular weight excluding hydrogens is 412 g/mol. The molecule has 1 fully saturated rings. The lowest BCUT2D eigenvalue weighted by Gasteiger charge is -2.39. The number of hydrogen-bond acceptors (Lipinski definition) is 5. The summed E-state index contributed by atoms with van der Waals surface area (Å²) >= 11 is 0. The Hall–Kier alpha value is -2.61. The van der Waals surface area contributed by atoms with E-state index in [0.717, 1.165) is 22.5 Å². The lowest BCUT2D eigenvalue weighted by atomic mass is 9.77. The average Bonchev–Trinajstić information content (AvgIpc) is 3.22. The Morgan fingerprint density at radius 3 is 2.45 bits per heavy atom. The van der Waals surface area contributed by atoms with Gasteiger partial charge in [-0.15, -0.1) is 0 Å². The molecule has 0 radical (unpaired) electrons. The van der Waals surface area contributed by atoms with Gasteiger partial charge in [0.1, 0.15) is 0 Å². The van der Waals surface area contributed by atoms with E-state index in [0.29, 0.717) is 13.2 Å². The van der Waals surface area contributed by atoms with Crippen LogP contribution in [0.2, 0.25) is 0 Å². The van der Waals surface area contributed by atoms with Crippen molar-refractivity contribution in [2.75, 3.05) is 37.0 Å². The molecule has 1 N–H and O–H groups in total. The maximum atomic E-state index is 11.7. The van der Waals surface area contributed by atoms with Crippen LogP contribution in [0.3, 0.4) is 0 Å². The van der Waals surface area contributed by atoms with Gasteiger partial charge in [0.2, 0.25) is 0 Å². The zero-order valence-corrected chi connectivity index (χ0v) is 19.1. The molecule has 31 heavy (non-hydrogen) atoms. The fourth-order valence-corrected chi connectivity index (χ4v) is 5.05. The minimum Gasteiger partial charge on any atom is -0.378 e. The Bertz CT molecular complexity index is 1150. The molecule has 6 nitrogen and oxygen atoms in total. The van der Waals surface area contributed by atoms with Crippen LogP contribution in [-0.4, -0.2) is 45.9 Å². The summed E-state index contributed by atoms with van der Waals surface area (Å²) in [6, 6.07) is 13.1. The first kappa shape index (κ1) is 21.6. The molecule has 164 valence electrons. The summed E-state index contributed by atoms with van der Waals surface area (Å²) in [6.45, 7) is 5.38. The highest BCUT2D eigenvalue weighted by Gasteiger charge is 2.59. The smallest absolute Gasteiger partial charge is 0.294 e. The molecule has 1 saturated heterocycles. The second-order valence-corrected chi connectivity index (χ2v) is 10.1. The van der Waals surface area contributed by atoms with Gasteiger partial charge in [-0.2, -0.15) is 8.42 Å². The number of anilines is 2. The monoisotopic (exact) mass is 440 g/mol. The normalized spacial score (nSPS) is 22.3. The molecule has 1 unspecified atom stereocenters. The van der Waals surface area contributed by atoms with E-state index in [4.69, 9.17) is 4.74 Å². The van der Waals surface area contributed by atoms with Gasteiger partial charge < -0.3 is 14.5 Å². The number of nitrogens with zero attached hydrogens (tertiary/aromatic N) is 2. The molecule has 2 heterocycles. The zero-order valence-electron chi connectivity index (χ0n) is 18.2. The van der Waals surface area contributed by atoms with Crippen LogP contribution in [0.1, 0.15) is 25.0 Å². The van der Waals surface area contributed by atoms with Crippen LogP contribution in [0.15, 0.2) is 65.6 Å². The third-order valence-electron chi connectivity index (χ3n) is 6.29. The van der Waals surface area contributed by atoms with E-state index >= 15 is 0 Å². The molecule has 2 aliphatic heterocycles. The van der Waals surface area contributed by atoms with Crippen LogP contribution >= 0.6 is 0 Å². The Kier molecular flexibility index (Phi) is 5.24. The van der Waals surface area contributed by atoms with Crippen molar-refractivity contribution in [3.05, 3.63) is 71.8 Å². The standard InChI is InChI=1S/C24H28N2O4S/c1-23(2)21-17-20(31(27,28)29)12-13-22(21)26-15-16-30-24(23,26)14-6-5-7-18-8-10-19(11-9-18)25(3)4/h5-14,17H,15-16H2,1-4H3,(H,27,28,29)/b7-5+,14-6-. The average molecular weight is 441 g/mol. The van der Waals surface area contributed by atoms with Gasteiger partial charge >= 0.3 is 0 Å². The largest absolute Gasteiger partial charge is 0.378 e. The Morgan fingerprint density at radius 1 is 1.10 bits per heavy atom. The van der Waals surface area contributed by atoms with Gasteiger partial charge in [-0.25, -0.2) is 0 Å². The second-order valence-electron chi connectivity index (χ2n) is 8.68. The lowest BCUT2D eigenvalue weighted by Crippen LogP contribution is -2.51. The van der Waals surface area contributed by atoms with E-state index < -0.39 is 21.3 Å². The summed E-state index contributed by atoms with van der Waals surface area (Å²) in [5, 5.41) is 0. The van der Waals surface area contributed by atoms with E-state index in [1.54, 1.807) is 12.1 Å². The number of allylic oxidation sites excluding steroid dienone is 2. The molecule has 2 aromatic rings. The third-order valence-corrected chi connectivity index (χ3v) is 7.14. The molecule has 0 saturated carbocycles. The van der Waals surface area contributed by atoms with Crippen LogP contribution in [0, 0.1) is 0 Å². The van der Waals surface area contributed by atoms with Crippen LogP contribution < -0.4 is 9.80 Å². The SMILES string of the molecule is CN(C)c1ccc(/C=C/C=C\C23OCCN2c2ccc(S(=O)(=O)O)cc2C3(C)C)cc1. The highest BCUT2D eigenvalue weighted by Crippen LogP contribution is 2.55. The fourth-order valence-electron chi connectivity index (χ4n) is 4.54. The van der Waals surface area contributed by atoms with Gasteiger partial charge in [0.25, 0.3) is 10.1 Å². The molecule has 0 amide bonds. The minimum atomic E-state index is -4.27. The minimum absolute atomic E-state index is 0.0966. The number of hydrogen-bond donors (Lipinski definition) is 1. The maximum absolute atomic E-state index is 11.7. The summed E-state index contributed by atoms with van der Waals surface area (Å²) < 4.78 is 39.1. The molecule has 0 bridgehead atoms. The van der Waals surface area contributed by atoms with Gasteiger partial charge in [0.15, 0.2) is 5.72 Å². The van der Waals surface area contributed by atoms with Crippen molar-refractivity contribution in [2.24, 2.45) is 0 Å². The predicted molar refractivity (Wildman–Crippen MR) is 124 cm³/mol. The van der Waals surface area contributed by atoms with Gasteiger partial charge in [-0.05, 0) is 47.5 Å². The highest BCUT2D eigenvalue weighted by atomic mass is 32.2. The summed E-state index contributed by atoms with van der Waals surface area (Å²) in [4.78, 5) is 4.14. The summed E-state index contributed by atoms with van der Waals surface area (Å²) in [5.74, 6) is 0. The Balaban J connectivity index is 1.64. The van der Waals surface area contributed by atoms with E-state index in [-0.39, 0.29) is 4.90 Å². The van der Waals surface area contributed by atoms with E-state index in [1.807, 2.05) is 52.2 Å². The van der Waals surface area contributed by atoms with E-state index in [2.05, 4.69) is 34.1 Å². The number of ether oxygens (including phenoxy) is 1. The molecule has 4 rings (SSSR count). The molecule has 2 aliphatic rings. The fraction of sp³-hybridized carbons (Fsp3) is 0.333. The molecule has 0 aliphatic carbocycles. The van der Waals surface area contributed by atoms with Crippen LogP contribution in [0.5, 0.6) is 0 Å². The summed E-state index contributed by atoms with van der Waals surface area (Å²) in [5.41, 5.74) is 2.79. The topological polar surface area (TPSA) is 70.1 Å². The summed E-state index contributed by atoms with van der Waals surface area (Å²) in [7, 11) is -0.241. The van der Waals surface area contributed by atoms with Gasteiger partial charge in [-0.3, -0.25) is 4.55 Å². The first-order valence-corrected chi connectivity index (χ1v) is 11.7. The predicted octanol–water partition coefficient (Wildman–Crippen LogP) is 4.09. The number of rotatable bonds is 5. The van der Waals surface area contributed by atoms with Gasteiger partial charge in [-0.1, -0.05) is 44.2 Å². The van der Waals surface area contributed by atoms with E-state index in [1.165, 1.54) is 6.07 Å². The molecule has 2 aromatic carbocycles. The first-order valence-electron chi connectivity index (χ1n) is 10.2. The van der Waals surface area contributed by atoms with Crippen molar-refractivity contribution in [2.45, 2.75) is 29.9 Å². The van der Waals surface area contributed by atoms with Crippen molar-refractivity contribution >= 4 is 27.6 Å². The number of benzene rings is 2. The number of fused-ring (bicyclic) bond motifs is 3. The third kappa shape index (κ3) is 3.56. The van der Waals surface area contributed by atoms with Crippen molar-refractivity contribution in [3.8, 4) is 0 Å². The van der Waals surface area contributed by atoms with Crippen molar-refractivity contribution in [1.82, 2.24) is 0 Å². The zero-order chi connectivity index (χ0) is 22.4. The second kappa shape index (κ2) is 7.51. The quantitative estimate of drug-likeness (QED) is 0.558. The van der Waals surface area contributed by atoms with Crippen LogP contribution in [0.4, 0.5) is 11.4 Å². The van der Waals surface area contributed by atoms with Crippen molar-refractivity contribution in [3.63, 3.8) is 0 Å². The van der Waals surface area contributed by atoms with Gasteiger partial charge in [0, 0.05) is 37.4 Å². The molecule has 0 spiro atoms. The first-order chi connectivity index (χ1) is 14.6. The molecule has 7 heteroatoms. The van der Waals surface area contributed by atoms with E-state index in [9.17, 15) is 13.0 Å². The molecule has 0 aromatic heterocycles. The van der Waals surface area contributed by atoms with Crippen LogP contribution in [0.25, 0.3) is 6.08 Å². The Labute approximate surface area is 184 Å². The van der Waals surface area contributed by atoms with Crippen LogP contribution in [-0.2, 0) is 20.3 Å². The highest BCUT2D eigenvalue weighted by molar-refractivity contribution is 7.85. The summed E-state index contributed by atoms with van der Waals surface area (Å²) in [6.07, 6.45) is 8.05. The van der Waals surface area contributed by atoms with Crippen molar-refractivity contribution in [1.29, 1.82) is 0 Å². The maximum Gasteiger partial charge on any atom is 0.294 e. The van der Waals surface area contributed by atoms with Crippen molar-refractivity contribution < 1.29 is 17.7 Å². The molecular formula is C24H28N2O4S. The van der Waals surface area contributed by atoms with Gasteiger partial charge in [0.05, 0.1) is 11.5 Å². The Morgan fingerprint density at radius 2 is 1.81 bits per heavy atom. The lowest BCUT2D eigenvalue weighted by molar-refractivity contribution is -0.000337.